The van der Waals surface area contributed by atoms with Crippen LogP contribution in [0, 0.1) is 0 Å². The summed E-state index contributed by atoms with van der Waals surface area (Å²) in [7, 11) is 0. The molecule has 0 atom stereocenters. The Hall–Kier alpha value is -3.67. The summed E-state index contributed by atoms with van der Waals surface area (Å²) in [5.74, 6) is -2.75. The zero-order valence-electron chi connectivity index (χ0n) is 14.0. The van der Waals surface area contributed by atoms with Gasteiger partial charge in [0.15, 0.2) is 0 Å². The number of aromatic carboxylic acids is 1. The summed E-state index contributed by atoms with van der Waals surface area (Å²) in [6, 6.07) is 11.0. The molecular formula is C21H13NO5. The molecule has 0 unspecified atom stereocenters. The number of hydrogen-bond acceptors (Lipinski definition) is 4. The van der Waals surface area contributed by atoms with E-state index in [1.165, 1.54) is 12.1 Å². The van der Waals surface area contributed by atoms with E-state index in [1.54, 1.807) is 12.1 Å². The summed E-state index contributed by atoms with van der Waals surface area (Å²) in [6.45, 7) is 0. The molecule has 6 heteroatoms. The fourth-order valence-electron chi connectivity index (χ4n) is 4.09. The number of carbonyl (C=O) groups is 3. The van der Waals surface area contributed by atoms with Crippen LogP contribution >= 0.6 is 0 Å². The third-order valence-corrected chi connectivity index (χ3v) is 5.33. The molecule has 2 amide bonds. The minimum absolute atomic E-state index is 0.134. The summed E-state index contributed by atoms with van der Waals surface area (Å²) in [6.07, 6.45) is 1.79. The Balaban J connectivity index is 1.72. The molecule has 0 spiro atoms. The molecule has 5 rings (SSSR count). The largest absolute Gasteiger partial charge is 0.507 e. The van der Waals surface area contributed by atoms with Crippen molar-refractivity contribution in [2.45, 2.75) is 12.8 Å². The van der Waals surface area contributed by atoms with Crippen molar-refractivity contribution in [3.63, 3.8) is 0 Å². The number of phenols is 1. The van der Waals surface area contributed by atoms with Gasteiger partial charge in [0, 0.05) is 22.6 Å². The second-order valence-corrected chi connectivity index (χ2v) is 6.75. The molecule has 0 fully saturated rings. The number of anilines is 1. The molecule has 0 bridgehead atoms. The third-order valence-electron chi connectivity index (χ3n) is 5.33. The number of benzene rings is 3. The Bertz CT molecular complexity index is 1150. The van der Waals surface area contributed by atoms with Crippen LogP contribution in [-0.2, 0) is 12.8 Å². The third kappa shape index (κ3) is 1.98. The normalized spacial score (nSPS) is 14.9. The number of imide groups is 1. The first-order valence-corrected chi connectivity index (χ1v) is 8.50. The number of rotatable bonds is 2. The molecule has 0 saturated carbocycles. The number of aromatic hydroxyl groups is 1. The average molecular weight is 359 g/mol. The smallest absolute Gasteiger partial charge is 0.339 e. The lowest BCUT2D eigenvalue weighted by Gasteiger charge is -2.28. The quantitative estimate of drug-likeness (QED) is 0.686. The molecule has 0 radical (unpaired) electrons. The van der Waals surface area contributed by atoms with E-state index in [4.69, 9.17) is 5.11 Å². The van der Waals surface area contributed by atoms with Crippen molar-refractivity contribution in [1.82, 2.24) is 0 Å². The maximum absolute atomic E-state index is 13.1. The van der Waals surface area contributed by atoms with Crippen LogP contribution in [0.25, 0.3) is 10.8 Å². The predicted molar refractivity (Wildman–Crippen MR) is 97.6 cm³/mol. The first-order chi connectivity index (χ1) is 13.0. The molecular weight excluding hydrogens is 346 g/mol. The van der Waals surface area contributed by atoms with Crippen LogP contribution in [0.3, 0.4) is 0 Å². The van der Waals surface area contributed by atoms with Crippen molar-refractivity contribution in [3.8, 4) is 5.75 Å². The molecule has 0 saturated heterocycles. The lowest BCUT2D eigenvalue weighted by Crippen LogP contribution is -2.40. The molecule has 1 heterocycles. The Morgan fingerprint density at radius 1 is 0.852 bits per heavy atom. The molecule has 27 heavy (non-hydrogen) atoms. The van der Waals surface area contributed by atoms with Gasteiger partial charge in [-0.1, -0.05) is 12.1 Å². The zero-order valence-corrected chi connectivity index (χ0v) is 14.0. The second kappa shape index (κ2) is 5.17. The summed E-state index contributed by atoms with van der Waals surface area (Å²) in [5, 5.41) is 20.7. The predicted octanol–water partition coefficient (Wildman–Crippen LogP) is 3.14. The topological polar surface area (TPSA) is 94.9 Å². The van der Waals surface area contributed by atoms with Crippen LogP contribution in [0.1, 0.15) is 42.2 Å². The Kier molecular flexibility index (Phi) is 2.98. The van der Waals surface area contributed by atoms with E-state index in [1.807, 2.05) is 12.1 Å². The van der Waals surface area contributed by atoms with Gasteiger partial charge in [-0.3, -0.25) is 9.59 Å². The highest BCUT2D eigenvalue weighted by Crippen LogP contribution is 2.40. The molecule has 0 aromatic heterocycles. The van der Waals surface area contributed by atoms with Crippen LogP contribution in [-0.4, -0.2) is 28.0 Å². The molecule has 1 aliphatic carbocycles. The number of hydrogen-bond donors (Lipinski definition) is 2. The van der Waals surface area contributed by atoms with Gasteiger partial charge in [0.2, 0.25) is 0 Å². The minimum atomic E-state index is -1.29. The van der Waals surface area contributed by atoms with Crippen LogP contribution in [0.5, 0.6) is 5.75 Å². The van der Waals surface area contributed by atoms with Gasteiger partial charge in [0.1, 0.15) is 11.3 Å². The van der Waals surface area contributed by atoms with E-state index >= 15 is 0 Å². The van der Waals surface area contributed by atoms with E-state index in [2.05, 4.69) is 0 Å². The fraction of sp³-hybridized carbons (Fsp3) is 0.0952. The van der Waals surface area contributed by atoms with Gasteiger partial charge < -0.3 is 10.2 Å². The maximum atomic E-state index is 13.1. The van der Waals surface area contributed by atoms with Crippen molar-refractivity contribution in [1.29, 1.82) is 0 Å². The van der Waals surface area contributed by atoms with Crippen LogP contribution in [0.15, 0.2) is 42.5 Å². The fourth-order valence-corrected chi connectivity index (χ4v) is 4.09. The Labute approximate surface area is 153 Å². The van der Waals surface area contributed by atoms with Crippen molar-refractivity contribution in [2.75, 3.05) is 4.90 Å². The number of nitrogens with zero attached hydrogens (tertiary/aromatic N) is 1. The highest BCUT2D eigenvalue weighted by atomic mass is 16.4. The van der Waals surface area contributed by atoms with Crippen LogP contribution < -0.4 is 4.90 Å². The van der Waals surface area contributed by atoms with E-state index in [-0.39, 0.29) is 11.3 Å². The van der Waals surface area contributed by atoms with Gasteiger partial charge in [-0.05, 0) is 53.6 Å². The van der Waals surface area contributed by atoms with E-state index in [9.17, 15) is 19.5 Å². The number of carboxylic acids is 1. The molecule has 6 nitrogen and oxygen atoms in total. The van der Waals surface area contributed by atoms with Gasteiger partial charge in [0.05, 0.1) is 5.69 Å². The van der Waals surface area contributed by atoms with Crippen molar-refractivity contribution < 1.29 is 24.6 Å². The van der Waals surface area contributed by atoms with Gasteiger partial charge in [0.25, 0.3) is 11.8 Å². The van der Waals surface area contributed by atoms with Crippen LogP contribution in [0.4, 0.5) is 5.69 Å². The monoisotopic (exact) mass is 359 g/mol. The van der Waals surface area contributed by atoms with Gasteiger partial charge >= 0.3 is 5.97 Å². The SMILES string of the molecule is O=C(O)c1ccc(N2C(=O)c3ccc4c5c(ccc(c35)C2=O)CC4)cc1O. The number of carbonyl (C=O) groups excluding carboxylic acids is 2. The molecule has 3 aromatic rings. The average Bonchev–Trinajstić information content (AvgIpc) is 3.06. The van der Waals surface area contributed by atoms with Gasteiger partial charge in [-0.25, -0.2) is 9.69 Å². The van der Waals surface area contributed by atoms with Crippen molar-refractivity contribution in [2.24, 2.45) is 0 Å². The maximum Gasteiger partial charge on any atom is 0.339 e. The lowest BCUT2D eigenvalue weighted by atomic mass is 9.91. The van der Waals surface area contributed by atoms with E-state index < -0.39 is 23.5 Å². The number of amides is 2. The molecule has 2 aliphatic rings. The van der Waals surface area contributed by atoms with Gasteiger partial charge in [-0.2, -0.15) is 0 Å². The molecule has 2 N–H and O–H groups in total. The summed E-state index contributed by atoms with van der Waals surface area (Å²) in [5.41, 5.74) is 3.00. The zero-order chi connectivity index (χ0) is 18.9. The summed E-state index contributed by atoms with van der Waals surface area (Å²) >= 11 is 0. The molecule has 132 valence electrons. The Morgan fingerprint density at radius 3 is 1.96 bits per heavy atom. The van der Waals surface area contributed by atoms with Gasteiger partial charge in [-0.15, -0.1) is 0 Å². The Morgan fingerprint density at radius 2 is 1.44 bits per heavy atom. The highest BCUT2D eigenvalue weighted by molar-refractivity contribution is 6.36. The van der Waals surface area contributed by atoms with Crippen molar-refractivity contribution >= 4 is 34.2 Å². The first kappa shape index (κ1) is 15.6. The van der Waals surface area contributed by atoms with Crippen molar-refractivity contribution in [3.05, 3.63) is 70.3 Å². The summed E-state index contributed by atoms with van der Waals surface area (Å²) < 4.78 is 0. The summed E-state index contributed by atoms with van der Waals surface area (Å²) in [4.78, 5) is 38.3. The number of aryl methyl sites for hydroxylation is 2. The highest BCUT2D eigenvalue weighted by Gasteiger charge is 2.36. The van der Waals surface area contributed by atoms with Crippen LogP contribution in [0.2, 0.25) is 0 Å². The number of carboxylic acid groups (broad SMARTS) is 1. The molecule has 3 aromatic carbocycles. The standard InChI is InChI=1S/C21H13NO5/c23-16-9-12(5-8-13(16)21(26)27)22-19(24)14-6-3-10-1-2-11-4-7-15(20(22)25)18(14)17(10)11/h3-9,23H,1-2H2,(H,26,27). The van der Waals surface area contributed by atoms with E-state index in [0.29, 0.717) is 16.5 Å². The lowest BCUT2D eigenvalue weighted by molar-refractivity contribution is 0.0693. The minimum Gasteiger partial charge on any atom is -0.507 e. The van der Waals surface area contributed by atoms with E-state index in [0.717, 1.165) is 40.3 Å². The molecule has 1 aliphatic heterocycles. The first-order valence-electron chi connectivity index (χ1n) is 8.50. The second-order valence-electron chi connectivity index (χ2n) is 6.75.